The minimum absolute atomic E-state index is 0.194. The second-order valence-electron chi connectivity index (χ2n) is 3.94. The Labute approximate surface area is 108 Å². The number of ether oxygens (including phenoxy) is 1. The molecule has 1 aromatic heterocycles. The smallest absolute Gasteiger partial charge is 0.307 e. The molecule has 0 amide bonds. The Morgan fingerprint density at radius 2 is 2.32 bits per heavy atom. The molecule has 19 heavy (non-hydrogen) atoms. The van der Waals surface area contributed by atoms with Crippen molar-refractivity contribution in [1.82, 2.24) is 9.97 Å². The lowest BCUT2D eigenvalue weighted by Crippen LogP contribution is -2.16. The van der Waals surface area contributed by atoms with Crippen LogP contribution < -0.4 is 16.6 Å². The molecule has 0 unspecified atom stereocenters. The van der Waals surface area contributed by atoms with Crippen LogP contribution in [0.4, 0.5) is 11.6 Å². The number of nitrogens with two attached hydrogens (primary N) is 1. The maximum atomic E-state index is 11.8. The first-order valence-electron chi connectivity index (χ1n) is 5.70. The minimum Gasteiger partial charge on any atom is -0.469 e. The summed E-state index contributed by atoms with van der Waals surface area (Å²) in [6, 6.07) is 4.91. The van der Waals surface area contributed by atoms with Crippen LogP contribution in [-0.2, 0) is 9.53 Å². The molecule has 0 bridgehead atoms. The highest BCUT2D eigenvalue weighted by atomic mass is 16.5. The van der Waals surface area contributed by atoms with Crippen molar-refractivity contribution in [3.8, 4) is 0 Å². The average Bonchev–Trinajstić information content (AvgIpc) is 2.39. The summed E-state index contributed by atoms with van der Waals surface area (Å²) in [6.45, 7) is 0.329. The molecule has 0 aliphatic carbocycles. The van der Waals surface area contributed by atoms with E-state index in [2.05, 4.69) is 20.0 Å². The molecule has 0 saturated heterocycles. The Hall–Kier alpha value is -2.57. The molecule has 0 aliphatic heterocycles. The van der Waals surface area contributed by atoms with Gasteiger partial charge in [-0.25, -0.2) is 4.98 Å². The maximum Gasteiger partial charge on any atom is 0.307 e. The van der Waals surface area contributed by atoms with E-state index in [9.17, 15) is 9.59 Å². The van der Waals surface area contributed by atoms with Crippen LogP contribution in [0.5, 0.6) is 0 Å². The number of aromatic amines is 1. The summed E-state index contributed by atoms with van der Waals surface area (Å²) in [6.07, 6.45) is 0.194. The Morgan fingerprint density at radius 3 is 3.05 bits per heavy atom. The molecule has 1 heterocycles. The number of anilines is 2. The Balaban J connectivity index is 2.19. The molecule has 1 aromatic carbocycles. The van der Waals surface area contributed by atoms with Gasteiger partial charge in [-0.3, -0.25) is 14.6 Å². The van der Waals surface area contributed by atoms with Crippen molar-refractivity contribution in [1.29, 1.82) is 0 Å². The summed E-state index contributed by atoms with van der Waals surface area (Å²) >= 11 is 0. The molecule has 0 aliphatic rings. The van der Waals surface area contributed by atoms with Gasteiger partial charge in [0.05, 0.1) is 24.4 Å². The first kappa shape index (κ1) is 12.9. The van der Waals surface area contributed by atoms with Crippen LogP contribution >= 0.6 is 0 Å². The van der Waals surface area contributed by atoms with Gasteiger partial charge < -0.3 is 15.8 Å². The number of fused-ring (bicyclic) bond motifs is 1. The van der Waals surface area contributed by atoms with E-state index >= 15 is 0 Å². The number of carbonyl (C=O) groups is 1. The third-order valence-corrected chi connectivity index (χ3v) is 2.58. The largest absolute Gasteiger partial charge is 0.469 e. The van der Waals surface area contributed by atoms with Gasteiger partial charge in [-0.1, -0.05) is 0 Å². The lowest BCUT2D eigenvalue weighted by molar-refractivity contribution is -0.140. The lowest BCUT2D eigenvalue weighted by Gasteiger charge is -2.06. The molecule has 7 nitrogen and oxygen atoms in total. The normalized spacial score (nSPS) is 10.4. The Morgan fingerprint density at radius 1 is 1.53 bits per heavy atom. The number of rotatable bonds is 4. The number of carbonyl (C=O) groups excluding carboxylic acids is 1. The fraction of sp³-hybridized carbons (Fsp3) is 0.250. The van der Waals surface area contributed by atoms with Gasteiger partial charge in [-0.2, -0.15) is 0 Å². The van der Waals surface area contributed by atoms with Gasteiger partial charge in [0.1, 0.15) is 0 Å². The molecule has 2 rings (SSSR count). The molecule has 4 N–H and O–H groups in total. The number of hydrogen-bond acceptors (Lipinski definition) is 6. The molecule has 0 spiro atoms. The summed E-state index contributed by atoms with van der Waals surface area (Å²) in [5, 5.41) is 3.29. The molecule has 0 fully saturated rings. The van der Waals surface area contributed by atoms with Crippen LogP contribution in [0.25, 0.3) is 10.9 Å². The zero-order valence-corrected chi connectivity index (χ0v) is 10.4. The van der Waals surface area contributed by atoms with E-state index < -0.39 is 0 Å². The standard InChI is InChI=1S/C12H14N4O3/c1-19-10(17)4-5-14-12-15-9-3-2-7(13)6-8(9)11(18)16-12/h2-3,6H,4-5,13H2,1H3,(H2,14,15,16,18). The van der Waals surface area contributed by atoms with Gasteiger partial charge >= 0.3 is 5.97 Å². The van der Waals surface area contributed by atoms with Gasteiger partial charge in [0, 0.05) is 12.2 Å². The minimum atomic E-state index is -0.330. The second kappa shape index (κ2) is 5.38. The number of benzene rings is 1. The summed E-state index contributed by atoms with van der Waals surface area (Å²) in [5.41, 5.74) is 6.38. The number of nitrogens with zero attached hydrogens (tertiary/aromatic N) is 1. The first-order chi connectivity index (χ1) is 9.10. The van der Waals surface area contributed by atoms with Crippen molar-refractivity contribution in [2.75, 3.05) is 24.7 Å². The van der Waals surface area contributed by atoms with Crippen LogP contribution in [-0.4, -0.2) is 29.6 Å². The highest BCUT2D eigenvalue weighted by Gasteiger charge is 2.05. The van der Waals surface area contributed by atoms with Gasteiger partial charge in [0.15, 0.2) is 0 Å². The number of nitrogen functional groups attached to an aromatic ring is 1. The van der Waals surface area contributed by atoms with Crippen LogP contribution in [0.1, 0.15) is 6.42 Å². The number of esters is 1. The lowest BCUT2D eigenvalue weighted by atomic mass is 10.2. The topological polar surface area (TPSA) is 110 Å². The van der Waals surface area contributed by atoms with Crippen LogP contribution in [0.15, 0.2) is 23.0 Å². The molecule has 0 radical (unpaired) electrons. The number of methoxy groups -OCH3 is 1. The molecular formula is C12H14N4O3. The van der Waals surface area contributed by atoms with E-state index in [-0.39, 0.29) is 17.9 Å². The highest BCUT2D eigenvalue weighted by Crippen LogP contribution is 2.12. The zero-order chi connectivity index (χ0) is 13.8. The fourth-order valence-electron chi connectivity index (χ4n) is 1.63. The van der Waals surface area contributed by atoms with Crippen molar-refractivity contribution < 1.29 is 9.53 Å². The van der Waals surface area contributed by atoms with Gasteiger partial charge in [-0.15, -0.1) is 0 Å². The van der Waals surface area contributed by atoms with Crippen molar-refractivity contribution in [2.24, 2.45) is 0 Å². The predicted octanol–water partition coefficient (Wildman–Crippen LogP) is 0.480. The average molecular weight is 262 g/mol. The Bertz CT molecular complexity index is 666. The molecule has 7 heteroatoms. The quantitative estimate of drug-likeness (QED) is 0.546. The van der Waals surface area contributed by atoms with Crippen molar-refractivity contribution in [3.63, 3.8) is 0 Å². The number of nitrogens with one attached hydrogen (secondary N) is 2. The molecule has 0 atom stereocenters. The van der Waals surface area contributed by atoms with E-state index in [4.69, 9.17) is 5.73 Å². The van der Waals surface area contributed by atoms with Crippen LogP contribution in [0.3, 0.4) is 0 Å². The van der Waals surface area contributed by atoms with Crippen molar-refractivity contribution in [3.05, 3.63) is 28.6 Å². The third-order valence-electron chi connectivity index (χ3n) is 2.58. The first-order valence-corrected chi connectivity index (χ1v) is 5.70. The SMILES string of the molecule is COC(=O)CCNc1nc2ccc(N)cc2c(=O)[nH]1. The van der Waals surface area contributed by atoms with E-state index in [1.807, 2.05) is 0 Å². The third kappa shape index (κ3) is 3.01. The molecular weight excluding hydrogens is 248 g/mol. The molecule has 2 aromatic rings. The summed E-state index contributed by atoms with van der Waals surface area (Å²) < 4.78 is 4.51. The number of aromatic nitrogens is 2. The van der Waals surface area contributed by atoms with Gasteiger partial charge in [0.2, 0.25) is 5.95 Å². The fourth-order valence-corrected chi connectivity index (χ4v) is 1.63. The number of H-pyrrole nitrogens is 1. The van der Waals surface area contributed by atoms with Gasteiger partial charge in [-0.05, 0) is 18.2 Å². The highest BCUT2D eigenvalue weighted by molar-refractivity contribution is 5.81. The molecule has 100 valence electrons. The van der Waals surface area contributed by atoms with Crippen molar-refractivity contribution in [2.45, 2.75) is 6.42 Å². The molecule has 0 saturated carbocycles. The number of hydrogen-bond donors (Lipinski definition) is 3. The van der Waals surface area contributed by atoms with E-state index in [0.717, 1.165) is 0 Å². The Kier molecular flexibility index (Phi) is 3.65. The van der Waals surface area contributed by atoms with Gasteiger partial charge in [0.25, 0.3) is 5.56 Å². The van der Waals surface area contributed by atoms with Crippen molar-refractivity contribution >= 4 is 28.5 Å². The summed E-state index contributed by atoms with van der Waals surface area (Å²) in [7, 11) is 1.32. The monoisotopic (exact) mass is 262 g/mol. The zero-order valence-electron chi connectivity index (χ0n) is 10.4. The maximum absolute atomic E-state index is 11.8. The van der Waals surface area contributed by atoms with Crippen LogP contribution in [0.2, 0.25) is 0 Å². The van der Waals surface area contributed by atoms with Crippen LogP contribution in [0, 0.1) is 0 Å². The van der Waals surface area contributed by atoms with E-state index in [0.29, 0.717) is 29.1 Å². The summed E-state index contributed by atoms with van der Waals surface area (Å²) in [4.78, 5) is 29.6. The summed E-state index contributed by atoms with van der Waals surface area (Å²) in [5.74, 6) is -0.0189. The van der Waals surface area contributed by atoms with E-state index in [1.165, 1.54) is 7.11 Å². The van der Waals surface area contributed by atoms with E-state index in [1.54, 1.807) is 18.2 Å². The second-order valence-corrected chi connectivity index (χ2v) is 3.94. The predicted molar refractivity (Wildman–Crippen MR) is 71.9 cm³/mol.